The number of carboxylic acid groups (broad SMARTS) is 1. The number of carbonyl (C=O) groups is 1. The van der Waals surface area contributed by atoms with Gasteiger partial charge in [-0.15, -0.1) is 0 Å². The highest BCUT2D eigenvalue weighted by Crippen LogP contribution is 2.38. The van der Waals surface area contributed by atoms with Gasteiger partial charge in [-0.25, -0.2) is 0 Å². The van der Waals surface area contributed by atoms with Crippen LogP contribution in [0.5, 0.6) is 11.5 Å². The Labute approximate surface area is 161 Å². The van der Waals surface area contributed by atoms with Crippen LogP contribution in [0.15, 0.2) is 41.4 Å². The number of benzene rings is 2. The molecular formula is C17H12ClF3N2O5. The van der Waals surface area contributed by atoms with Crippen LogP contribution in [-0.2, 0) is 11.0 Å². The third kappa shape index (κ3) is 5.68. The molecule has 2 rings (SSSR count). The summed E-state index contributed by atoms with van der Waals surface area (Å²) < 4.78 is 43.5. The Bertz CT molecular complexity index is 931. The molecule has 0 saturated carbocycles. The summed E-state index contributed by atoms with van der Waals surface area (Å²) >= 11 is 5.82. The number of alkyl halides is 3. The van der Waals surface area contributed by atoms with Crippen LogP contribution in [0, 0.1) is 10.1 Å². The average Bonchev–Trinajstić information content (AvgIpc) is 2.59. The van der Waals surface area contributed by atoms with E-state index >= 15 is 0 Å². The van der Waals surface area contributed by atoms with Crippen LogP contribution in [0.25, 0.3) is 0 Å². The van der Waals surface area contributed by atoms with Gasteiger partial charge in [-0.1, -0.05) is 11.6 Å². The molecule has 2 aromatic carbocycles. The lowest BCUT2D eigenvalue weighted by Crippen LogP contribution is -2.04. The predicted molar refractivity (Wildman–Crippen MR) is 94.6 cm³/mol. The molecule has 0 atom stereocenters. The van der Waals surface area contributed by atoms with E-state index in [0.717, 1.165) is 18.2 Å². The molecule has 11 heteroatoms. The molecule has 1 N–H and O–H groups in total. The Balaban J connectivity index is 2.28. The van der Waals surface area contributed by atoms with Gasteiger partial charge in [0.1, 0.15) is 17.2 Å². The maximum absolute atomic E-state index is 12.7. The standard InChI is InChI=1S/C17H12ClF3N2O5/c18-12-8-10(17(19,20)21)3-6-15(12)28-11-4-5-14(23(26)27)13(9-11)22-7-1-2-16(24)25/h3-9H,1-2H2,(H,24,25). The van der Waals surface area contributed by atoms with Gasteiger partial charge in [-0.3, -0.25) is 19.9 Å². The fraction of sp³-hybridized carbons (Fsp3) is 0.176. The number of hydrogen-bond acceptors (Lipinski definition) is 5. The summed E-state index contributed by atoms with van der Waals surface area (Å²) in [6.45, 7) is 0. The van der Waals surface area contributed by atoms with Crippen LogP contribution in [0.2, 0.25) is 5.02 Å². The lowest BCUT2D eigenvalue weighted by molar-refractivity contribution is -0.384. The zero-order valence-electron chi connectivity index (χ0n) is 13.9. The topological polar surface area (TPSA) is 102 Å². The summed E-state index contributed by atoms with van der Waals surface area (Å²) in [5, 5.41) is 19.4. The van der Waals surface area contributed by atoms with Gasteiger partial charge in [0.25, 0.3) is 5.69 Å². The minimum atomic E-state index is -4.56. The summed E-state index contributed by atoms with van der Waals surface area (Å²) in [4.78, 5) is 24.8. The molecule has 0 spiro atoms. The Kier molecular flexibility index (Phi) is 6.57. The summed E-state index contributed by atoms with van der Waals surface area (Å²) in [7, 11) is 0. The van der Waals surface area contributed by atoms with E-state index in [1.54, 1.807) is 0 Å². The van der Waals surface area contributed by atoms with Gasteiger partial charge in [0, 0.05) is 18.3 Å². The van der Waals surface area contributed by atoms with Crippen LogP contribution in [0.1, 0.15) is 18.4 Å². The molecule has 0 aliphatic rings. The summed E-state index contributed by atoms with van der Waals surface area (Å²) in [5.74, 6) is -1.07. The van der Waals surface area contributed by atoms with Crippen molar-refractivity contribution in [1.82, 2.24) is 0 Å². The van der Waals surface area contributed by atoms with E-state index in [0.29, 0.717) is 6.07 Å². The highest BCUT2D eigenvalue weighted by Gasteiger charge is 2.31. The third-order valence-electron chi connectivity index (χ3n) is 3.35. The van der Waals surface area contributed by atoms with Gasteiger partial charge >= 0.3 is 12.1 Å². The number of nitrogens with zero attached hydrogens (tertiary/aromatic N) is 2. The first-order chi connectivity index (χ1) is 13.1. The maximum atomic E-state index is 12.7. The van der Waals surface area contributed by atoms with Crippen molar-refractivity contribution in [3.63, 3.8) is 0 Å². The Morgan fingerprint density at radius 2 is 2.00 bits per heavy atom. The van der Waals surface area contributed by atoms with Crippen LogP contribution >= 0.6 is 11.6 Å². The number of rotatable bonds is 7. The predicted octanol–water partition coefficient (Wildman–Crippen LogP) is 5.63. The molecule has 0 aromatic heterocycles. The number of halogens is 4. The number of hydrogen-bond donors (Lipinski definition) is 1. The second-order valence-electron chi connectivity index (χ2n) is 5.40. The Morgan fingerprint density at radius 3 is 2.57 bits per heavy atom. The van der Waals surface area contributed by atoms with Crippen LogP contribution < -0.4 is 4.74 Å². The third-order valence-corrected chi connectivity index (χ3v) is 3.64. The monoisotopic (exact) mass is 416 g/mol. The van der Waals surface area contributed by atoms with E-state index < -0.39 is 22.6 Å². The first kappa shape index (κ1) is 21.2. The molecule has 0 amide bonds. The molecule has 28 heavy (non-hydrogen) atoms. The molecule has 148 valence electrons. The number of ether oxygens (including phenoxy) is 1. The molecular weight excluding hydrogens is 405 g/mol. The van der Waals surface area contributed by atoms with Gasteiger partial charge in [-0.05, 0) is 30.7 Å². The molecule has 0 heterocycles. The summed E-state index contributed by atoms with van der Waals surface area (Å²) in [6, 6.07) is 6.07. The normalized spacial score (nSPS) is 11.6. The zero-order chi connectivity index (χ0) is 20.9. The average molecular weight is 417 g/mol. The fourth-order valence-electron chi connectivity index (χ4n) is 2.06. The highest BCUT2D eigenvalue weighted by atomic mass is 35.5. The fourth-order valence-corrected chi connectivity index (χ4v) is 2.28. The smallest absolute Gasteiger partial charge is 0.416 e. The summed E-state index contributed by atoms with van der Waals surface area (Å²) in [6.07, 6.45) is -3.49. The van der Waals surface area contributed by atoms with Crippen LogP contribution in [0.3, 0.4) is 0 Å². The zero-order valence-corrected chi connectivity index (χ0v) is 14.7. The molecule has 0 aliphatic heterocycles. The lowest BCUT2D eigenvalue weighted by Gasteiger charge is -2.11. The Hall–Kier alpha value is -3.14. The van der Waals surface area contributed by atoms with E-state index in [-0.39, 0.29) is 40.7 Å². The molecule has 0 aliphatic carbocycles. The second kappa shape index (κ2) is 8.70. The second-order valence-corrected chi connectivity index (χ2v) is 5.80. The van der Waals surface area contributed by atoms with Gasteiger partial charge in [-0.2, -0.15) is 13.2 Å². The first-order valence-electron chi connectivity index (χ1n) is 7.65. The van der Waals surface area contributed by atoms with Gasteiger partial charge in [0.15, 0.2) is 0 Å². The molecule has 2 aromatic rings. The molecule has 7 nitrogen and oxygen atoms in total. The van der Waals surface area contributed by atoms with Crippen molar-refractivity contribution in [3.8, 4) is 11.5 Å². The summed E-state index contributed by atoms with van der Waals surface area (Å²) in [5.41, 5.74) is -1.40. The number of nitro groups is 1. The highest BCUT2D eigenvalue weighted by molar-refractivity contribution is 6.32. The van der Waals surface area contributed by atoms with E-state index in [9.17, 15) is 28.1 Å². The van der Waals surface area contributed by atoms with E-state index in [1.807, 2.05) is 0 Å². The van der Waals surface area contributed by atoms with Gasteiger partial charge in [0.2, 0.25) is 0 Å². The lowest BCUT2D eigenvalue weighted by atomic mass is 10.2. The maximum Gasteiger partial charge on any atom is 0.416 e. The SMILES string of the molecule is O=C(O)CCC=Nc1cc(Oc2ccc(C(F)(F)F)cc2Cl)ccc1[N+](=O)[O-]. The first-order valence-corrected chi connectivity index (χ1v) is 8.03. The van der Waals surface area contributed by atoms with Crippen molar-refractivity contribution in [2.75, 3.05) is 0 Å². The van der Waals surface area contributed by atoms with Crippen molar-refractivity contribution >= 4 is 35.2 Å². The van der Waals surface area contributed by atoms with E-state index in [2.05, 4.69) is 4.99 Å². The van der Waals surface area contributed by atoms with Crippen molar-refractivity contribution in [2.45, 2.75) is 19.0 Å². The van der Waals surface area contributed by atoms with Gasteiger partial charge < -0.3 is 9.84 Å². The van der Waals surface area contributed by atoms with E-state index in [1.165, 1.54) is 18.3 Å². The van der Waals surface area contributed by atoms with E-state index in [4.69, 9.17) is 21.4 Å². The molecule has 0 radical (unpaired) electrons. The minimum absolute atomic E-state index is 0.0534. The quantitative estimate of drug-likeness (QED) is 0.358. The molecule has 0 saturated heterocycles. The van der Waals surface area contributed by atoms with Crippen molar-refractivity contribution in [2.24, 2.45) is 4.99 Å². The number of aliphatic carboxylic acids is 1. The minimum Gasteiger partial charge on any atom is -0.481 e. The number of carboxylic acids is 1. The van der Waals surface area contributed by atoms with Crippen molar-refractivity contribution in [3.05, 3.63) is 57.1 Å². The molecule has 0 unspecified atom stereocenters. The Morgan fingerprint density at radius 1 is 1.29 bits per heavy atom. The van der Waals surface area contributed by atoms with Crippen molar-refractivity contribution in [1.29, 1.82) is 0 Å². The van der Waals surface area contributed by atoms with Crippen LogP contribution in [-0.4, -0.2) is 22.2 Å². The number of nitro benzene ring substituents is 1. The van der Waals surface area contributed by atoms with Crippen molar-refractivity contribution < 1.29 is 32.7 Å². The molecule has 0 fully saturated rings. The van der Waals surface area contributed by atoms with Crippen LogP contribution in [0.4, 0.5) is 24.5 Å². The van der Waals surface area contributed by atoms with Gasteiger partial charge in [0.05, 0.1) is 21.9 Å². The largest absolute Gasteiger partial charge is 0.481 e. The number of aliphatic imine (C=N–C) groups is 1. The molecule has 0 bridgehead atoms.